The summed E-state index contributed by atoms with van der Waals surface area (Å²) in [6.07, 6.45) is 30.9. The van der Waals surface area contributed by atoms with E-state index >= 15 is 0 Å². The molecule has 0 heterocycles. The Kier molecular flexibility index (Phi) is 48.5. The molecule has 0 unspecified atom stereocenters. The summed E-state index contributed by atoms with van der Waals surface area (Å²) < 4.78 is 13.4. The maximum absolute atomic E-state index is 10.7. The van der Waals surface area contributed by atoms with E-state index in [1.54, 1.807) is 12.2 Å². The number of esters is 3. The molecular weight excluding hydrogens is 479 g/mol. The fraction of sp³-hybridized carbons (Fsp3) is 0.516. The van der Waals surface area contributed by atoms with Crippen LogP contribution in [0.15, 0.2) is 72.9 Å². The summed E-state index contributed by atoms with van der Waals surface area (Å²) in [6.45, 7) is 6.40. The van der Waals surface area contributed by atoms with Gasteiger partial charge in [-0.3, -0.25) is 14.4 Å². The van der Waals surface area contributed by atoms with Crippen LogP contribution in [0.3, 0.4) is 0 Å². The Morgan fingerprint density at radius 1 is 0.447 bits per heavy atom. The van der Waals surface area contributed by atoms with E-state index in [0.29, 0.717) is 12.8 Å². The summed E-state index contributed by atoms with van der Waals surface area (Å²) in [5.74, 6) is -0.708. The highest BCUT2D eigenvalue weighted by Crippen LogP contribution is 1.94. The van der Waals surface area contributed by atoms with Crippen molar-refractivity contribution >= 4 is 26.3 Å². The minimum Gasteiger partial charge on any atom is -0.469 e. The van der Waals surface area contributed by atoms with Crippen molar-refractivity contribution in [3.05, 3.63) is 72.9 Å². The van der Waals surface area contributed by atoms with Gasteiger partial charge in [-0.1, -0.05) is 101 Å². The van der Waals surface area contributed by atoms with Gasteiger partial charge < -0.3 is 14.2 Å². The molecule has 0 saturated carbocycles. The van der Waals surface area contributed by atoms with Crippen LogP contribution in [0.4, 0.5) is 0 Å². The van der Waals surface area contributed by atoms with Crippen LogP contribution in [0.5, 0.6) is 0 Å². The molecule has 0 atom stereocenters. The molecule has 7 heteroatoms. The summed E-state index contributed by atoms with van der Waals surface area (Å²) in [6, 6.07) is 0. The van der Waals surface area contributed by atoms with Gasteiger partial charge in [0.05, 0.1) is 40.6 Å². The lowest BCUT2D eigenvalue weighted by Gasteiger charge is -1.92. The molecular formula is C31H52BO6. The second-order valence-corrected chi connectivity index (χ2v) is 7.10. The molecule has 215 valence electrons. The molecule has 3 radical (unpaired) electrons. The Labute approximate surface area is 235 Å². The maximum atomic E-state index is 10.7. The van der Waals surface area contributed by atoms with E-state index < -0.39 is 0 Å². The van der Waals surface area contributed by atoms with Crippen molar-refractivity contribution in [1.29, 1.82) is 0 Å². The second-order valence-electron chi connectivity index (χ2n) is 7.10. The summed E-state index contributed by atoms with van der Waals surface area (Å²) in [5, 5.41) is 0. The molecule has 0 amide bonds. The first-order valence-electron chi connectivity index (χ1n) is 12.5. The number of methoxy groups -OCH3 is 3. The van der Waals surface area contributed by atoms with E-state index in [4.69, 9.17) is 0 Å². The summed E-state index contributed by atoms with van der Waals surface area (Å²) in [7, 11) is 4.10. The molecule has 0 saturated heterocycles. The number of carbonyl (C=O) groups excluding carboxylic acids is 3. The predicted octanol–water partition coefficient (Wildman–Crippen LogP) is 7.64. The third-order valence-corrected chi connectivity index (χ3v) is 4.06. The highest BCUT2D eigenvalue weighted by Gasteiger charge is 1.94. The third kappa shape index (κ3) is 46.3. The number of rotatable bonds is 15. The molecule has 0 spiro atoms. The quantitative estimate of drug-likeness (QED) is 0.0935. The lowest BCUT2D eigenvalue weighted by atomic mass is 10.3. The van der Waals surface area contributed by atoms with E-state index in [1.165, 1.54) is 21.3 Å². The zero-order valence-electron chi connectivity index (χ0n) is 23.8. The van der Waals surface area contributed by atoms with Gasteiger partial charge in [-0.2, -0.15) is 0 Å². The maximum Gasteiger partial charge on any atom is 0.309 e. The Hall–Kier alpha value is -3.09. The van der Waals surface area contributed by atoms with Crippen LogP contribution in [0.1, 0.15) is 86.0 Å². The minimum absolute atomic E-state index is 0. The van der Waals surface area contributed by atoms with Gasteiger partial charge in [0.25, 0.3) is 0 Å². The van der Waals surface area contributed by atoms with Gasteiger partial charge in [0.2, 0.25) is 0 Å². The average Bonchev–Trinajstić information content (AvgIpc) is 2.90. The lowest BCUT2D eigenvalue weighted by molar-refractivity contribution is -0.140. The molecule has 0 fully saturated rings. The third-order valence-electron chi connectivity index (χ3n) is 4.06. The predicted molar refractivity (Wildman–Crippen MR) is 162 cm³/mol. The normalized spacial score (nSPS) is 10.6. The van der Waals surface area contributed by atoms with E-state index in [-0.39, 0.29) is 46.6 Å². The molecule has 0 aromatic carbocycles. The number of allylic oxidation sites excluding steroid dienone is 9. The van der Waals surface area contributed by atoms with Gasteiger partial charge >= 0.3 is 17.9 Å². The van der Waals surface area contributed by atoms with Crippen molar-refractivity contribution < 1.29 is 28.6 Å². The van der Waals surface area contributed by atoms with Gasteiger partial charge in [0, 0.05) is 8.41 Å². The van der Waals surface area contributed by atoms with Crippen molar-refractivity contribution in [2.24, 2.45) is 0 Å². The fourth-order valence-corrected chi connectivity index (χ4v) is 2.10. The first kappa shape index (κ1) is 44.9. The molecule has 0 aliphatic rings. The monoisotopic (exact) mass is 531 g/mol. The number of ether oxygens (including phenoxy) is 3. The van der Waals surface area contributed by atoms with Crippen molar-refractivity contribution in [1.82, 2.24) is 0 Å². The SMILES string of the molecule is C.CC/C=C/C/C=C/CC.CC/C=C/C/C=C/CC(=O)OC.COC(=O)C/C=C/C/C=C/CC(=O)OC.[B]. The van der Waals surface area contributed by atoms with Crippen LogP contribution in [-0.4, -0.2) is 47.7 Å². The van der Waals surface area contributed by atoms with Crippen LogP contribution < -0.4 is 0 Å². The highest BCUT2D eigenvalue weighted by molar-refractivity contribution is 5.75. The van der Waals surface area contributed by atoms with Crippen molar-refractivity contribution in [2.75, 3.05) is 21.3 Å². The zero-order valence-corrected chi connectivity index (χ0v) is 23.8. The molecule has 0 aromatic heterocycles. The van der Waals surface area contributed by atoms with Gasteiger partial charge in [-0.15, -0.1) is 0 Å². The van der Waals surface area contributed by atoms with Crippen LogP contribution >= 0.6 is 0 Å². The number of carbonyl (C=O) groups is 3. The first-order chi connectivity index (χ1) is 17.4. The molecule has 0 N–H and O–H groups in total. The molecule has 6 nitrogen and oxygen atoms in total. The van der Waals surface area contributed by atoms with Gasteiger partial charge in [-0.25, -0.2) is 0 Å². The van der Waals surface area contributed by atoms with Gasteiger partial charge in [-0.05, 0) is 38.5 Å². The molecule has 0 rings (SSSR count). The first-order valence-corrected chi connectivity index (χ1v) is 12.5. The highest BCUT2D eigenvalue weighted by atomic mass is 16.5. The Bertz CT molecular complexity index is 665. The molecule has 0 aromatic rings. The standard InChI is InChI=1S/C11H16O4.C10H16O2.C9H16.CH4.B/c1-14-10(12)8-6-4-3-5-7-9-11(13)15-2;1-3-4-5-6-7-8-9-10(11)12-2;1-3-5-7-9-8-6-4-2;;/h4-7H,3,8-9H2,1-2H3;4-5,7-8H,3,6,9H2,1-2H3;5-8H,3-4,9H2,1-2H3;1H4;/b6-4+,7-5+;5-4+,8-7+;7-5+,8-6+;;. The van der Waals surface area contributed by atoms with E-state index in [0.717, 1.165) is 32.1 Å². The largest absolute Gasteiger partial charge is 0.469 e. The lowest BCUT2D eigenvalue weighted by Crippen LogP contribution is -1.96. The van der Waals surface area contributed by atoms with Crippen LogP contribution in [0.2, 0.25) is 0 Å². The zero-order chi connectivity index (χ0) is 27.7. The number of hydrogen-bond donors (Lipinski definition) is 0. The fourth-order valence-electron chi connectivity index (χ4n) is 2.10. The molecule has 0 aliphatic heterocycles. The minimum atomic E-state index is -0.259. The summed E-state index contributed by atoms with van der Waals surface area (Å²) in [4.78, 5) is 32.0. The average molecular weight is 532 g/mol. The Morgan fingerprint density at radius 2 is 0.658 bits per heavy atom. The molecule has 0 bridgehead atoms. The van der Waals surface area contributed by atoms with Gasteiger partial charge in [0.1, 0.15) is 0 Å². The topological polar surface area (TPSA) is 78.9 Å². The summed E-state index contributed by atoms with van der Waals surface area (Å²) >= 11 is 0. The molecule has 0 aliphatic carbocycles. The second kappa shape index (κ2) is 41.1. The van der Waals surface area contributed by atoms with Crippen LogP contribution in [0, 0.1) is 0 Å². The number of hydrogen-bond acceptors (Lipinski definition) is 6. The van der Waals surface area contributed by atoms with E-state index in [1.807, 2.05) is 24.3 Å². The van der Waals surface area contributed by atoms with E-state index in [9.17, 15) is 14.4 Å². The van der Waals surface area contributed by atoms with Gasteiger partial charge in [0.15, 0.2) is 0 Å². The van der Waals surface area contributed by atoms with Crippen LogP contribution in [0.25, 0.3) is 0 Å². The Morgan fingerprint density at radius 3 is 0.842 bits per heavy atom. The van der Waals surface area contributed by atoms with Crippen molar-refractivity contribution in [3.8, 4) is 0 Å². The molecule has 38 heavy (non-hydrogen) atoms. The Balaban J connectivity index is -0.000000144. The van der Waals surface area contributed by atoms with Crippen molar-refractivity contribution in [2.45, 2.75) is 86.0 Å². The van der Waals surface area contributed by atoms with E-state index in [2.05, 4.69) is 71.4 Å². The summed E-state index contributed by atoms with van der Waals surface area (Å²) in [5.41, 5.74) is 0. The van der Waals surface area contributed by atoms with Crippen molar-refractivity contribution in [3.63, 3.8) is 0 Å². The van der Waals surface area contributed by atoms with Crippen LogP contribution in [-0.2, 0) is 28.6 Å². The smallest absolute Gasteiger partial charge is 0.309 e.